The minimum atomic E-state index is -3.14. The van der Waals surface area contributed by atoms with Crippen molar-refractivity contribution in [2.75, 3.05) is 18.9 Å². The molecule has 0 bridgehead atoms. The van der Waals surface area contributed by atoms with Crippen LogP contribution in [0.25, 0.3) is 11.4 Å². The van der Waals surface area contributed by atoms with Crippen molar-refractivity contribution in [2.45, 2.75) is 309 Å². The van der Waals surface area contributed by atoms with E-state index in [1.54, 1.807) is 68.4 Å². The lowest BCUT2D eigenvalue weighted by Gasteiger charge is -2.32. The Morgan fingerprint density at radius 2 is 0.992 bits per heavy atom. The van der Waals surface area contributed by atoms with E-state index in [0.29, 0.717) is 83.5 Å². The Labute approximate surface area is 760 Å². The maximum atomic E-state index is 12.1. The first-order valence-electron chi connectivity index (χ1n) is 44.9. The average molecular weight is 1750 g/mol. The molecule has 7 aromatic carbocycles. The SMILES string of the molecule is CC(=O)CCc1ccc(C(=O)CC(C)(C)C)cc1.CC(=O)NCCc1ccc(C(=O)CC(C)(C)C)cc1.CC(C)(C)C1CCCCC1=O.CC(CS(=O)(=O)c1ccccc1)C(C)(C)C.CCc1ccc(-c2noc(CC(C)(C)C)n2)cc1.Cc1cc(C(=O)CC(C)(C)C)ccc1O.Cc1ccc(C(=O)CC(C)(C)C)c(O)c1.Cc1ccc(OCCC(C)(C)C)cc1. The van der Waals surface area contributed by atoms with Crippen LogP contribution in [-0.4, -0.2) is 88.3 Å². The number of phenols is 2. The highest BCUT2D eigenvalue weighted by Crippen LogP contribution is 2.36. The molecule has 1 heterocycles. The van der Waals surface area contributed by atoms with Crippen molar-refractivity contribution in [1.29, 1.82) is 0 Å². The van der Waals surface area contributed by atoms with Crippen molar-refractivity contribution >= 4 is 50.4 Å². The Morgan fingerprint density at radius 3 is 1.41 bits per heavy atom. The monoisotopic (exact) mass is 1750 g/mol. The number of amides is 1. The number of benzene rings is 7. The van der Waals surface area contributed by atoms with E-state index in [4.69, 9.17) is 9.26 Å². The fourth-order valence-electron chi connectivity index (χ4n) is 12.6. The van der Waals surface area contributed by atoms with Crippen LogP contribution in [0.3, 0.4) is 0 Å². The number of carbonyl (C=O) groups is 7. The van der Waals surface area contributed by atoms with E-state index in [2.05, 4.69) is 178 Å². The Kier molecular flexibility index (Phi) is 46.0. The van der Waals surface area contributed by atoms with Crippen molar-refractivity contribution in [1.82, 2.24) is 15.5 Å². The first-order valence-corrected chi connectivity index (χ1v) is 46.6. The van der Waals surface area contributed by atoms with Crippen molar-refractivity contribution in [3.8, 4) is 28.6 Å². The number of rotatable bonds is 23. The smallest absolute Gasteiger partial charge is 0.227 e. The van der Waals surface area contributed by atoms with Crippen LogP contribution in [0, 0.1) is 75.9 Å². The molecule has 16 nitrogen and oxygen atoms in total. The molecule has 126 heavy (non-hydrogen) atoms. The van der Waals surface area contributed by atoms with Crippen molar-refractivity contribution < 1.29 is 61.5 Å². The number of aromatic nitrogens is 2. The summed E-state index contributed by atoms with van der Waals surface area (Å²) in [6, 6.07) is 50.6. The molecule has 1 aliphatic rings. The zero-order chi connectivity index (χ0) is 96.2. The predicted octanol–water partition coefficient (Wildman–Crippen LogP) is 27.1. The van der Waals surface area contributed by atoms with Crippen molar-refractivity contribution in [3.63, 3.8) is 0 Å². The van der Waals surface area contributed by atoms with Gasteiger partial charge in [0.15, 0.2) is 33.0 Å². The van der Waals surface area contributed by atoms with Gasteiger partial charge in [0.25, 0.3) is 0 Å². The molecule has 1 aliphatic carbocycles. The Bertz CT molecular complexity index is 4770. The zero-order valence-corrected chi connectivity index (χ0v) is 83.8. The first kappa shape index (κ1) is 113. The second-order valence-electron chi connectivity index (χ2n) is 43.3. The molecule has 0 aliphatic heterocycles. The summed E-state index contributed by atoms with van der Waals surface area (Å²) in [5, 5.41) is 25.8. The predicted molar refractivity (Wildman–Crippen MR) is 520 cm³/mol. The fourth-order valence-corrected chi connectivity index (χ4v) is 14.5. The summed E-state index contributed by atoms with van der Waals surface area (Å²) in [6.07, 6.45) is 11.4. The second kappa shape index (κ2) is 51.5. The summed E-state index contributed by atoms with van der Waals surface area (Å²) in [4.78, 5) is 85.6. The quantitative estimate of drug-likeness (QED) is 0.0503. The molecule has 3 N–H and O–H groups in total. The number of nitrogens with zero attached hydrogens (tertiary/aromatic N) is 2. The maximum Gasteiger partial charge on any atom is 0.227 e. The van der Waals surface area contributed by atoms with Gasteiger partial charge in [-0.2, -0.15) is 4.98 Å². The Morgan fingerprint density at radius 1 is 0.524 bits per heavy atom. The van der Waals surface area contributed by atoms with Crippen LogP contribution in [0.1, 0.15) is 339 Å². The zero-order valence-electron chi connectivity index (χ0n) is 83.0. The van der Waals surface area contributed by atoms with Crippen LogP contribution in [-0.2, 0) is 49.9 Å². The molecule has 9 rings (SSSR count). The van der Waals surface area contributed by atoms with Crippen LogP contribution in [0.15, 0.2) is 173 Å². The number of carbonyl (C=O) groups excluding carboxylic acids is 7. The lowest BCUT2D eigenvalue weighted by atomic mass is 9.72. The summed E-state index contributed by atoms with van der Waals surface area (Å²) in [5.74, 6) is 4.52. The molecular formula is C109H159N3O13S. The third kappa shape index (κ3) is 49.6. The Hall–Kier alpha value is -9.48. The molecule has 17 heteroatoms. The summed E-state index contributed by atoms with van der Waals surface area (Å²) >= 11 is 0. The van der Waals surface area contributed by atoms with Crippen LogP contribution in [0.2, 0.25) is 0 Å². The molecule has 2 unspecified atom stereocenters. The maximum absolute atomic E-state index is 12.1. The highest BCUT2D eigenvalue weighted by atomic mass is 32.2. The van der Waals surface area contributed by atoms with Crippen LogP contribution >= 0.6 is 0 Å². The lowest BCUT2D eigenvalue weighted by molar-refractivity contribution is -0.128. The number of ketones is 6. The molecule has 1 fully saturated rings. The van der Waals surface area contributed by atoms with E-state index in [-0.39, 0.29) is 95.9 Å². The van der Waals surface area contributed by atoms with Gasteiger partial charge < -0.3 is 29.6 Å². The minimum absolute atomic E-state index is 0.000000000000000666. The van der Waals surface area contributed by atoms with Crippen LogP contribution in [0.5, 0.6) is 17.2 Å². The second-order valence-corrected chi connectivity index (χ2v) is 45.3. The molecule has 0 saturated heterocycles. The molecule has 2 atom stereocenters. The number of sulfone groups is 1. The molecule has 0 radical (unpaired) electrons. The summed E-state index contributed by atoms with van der Waals surface area (Å²) in [5.41, 5.74) is 10.9. The molecule has 0 spiro atoms. The average Bonchev–Trinajstić information content (AvgIpc) is 0.897. The van der Waals surface area contributed by atoms with E-state index in [0.717, 1.165) is 103 Å². The number of Topliss-reactive ketones (excluding diaryl/α,β-unsaturated/α-hetero) is 6. The summed E-state index contributed by atoms with van der Waals surface area (Å²) in [6.45, 7) is 64.8. The van der Waals surface area contributed by atoms with Gasteiger partial charge in [-0.05, 0) is 198 Å². The molecule has 1 saturated carbocycles. The number of hydrogen-bond acceptors (Lipinski definition) is 15. The van der Waals surface area contributed by atoms with E-state index < -0.39 is 9.84 Å². The van der Waals surface area contributed by atoms with E-state index in [1.165, 1.54) is 24.5 Å². The van der Waals surface area contributed by atoms with Gasteiger partial charge in [0.2, 0.25) is 17.6 Å². The number of aryl methyl sites for hydroxylation is 5. The molecule has 8 aromatic rings. The summed E-state index contributed by atoms with van der Waals surface area (Å²) in [7, 11) is -3.14. The topological polar surface area (TPSA) is 254 Å². The van der Waals surface area contributed by atoms with Gasteiger partial charge in [-0.25, -0.2) is 8.42 Å². The normalized spacial score (nSPS) is 13.2. The lowest BCUT2D eigenvalue weighted by Crippen LogP contribution is -2.30. The molecule has 1 amide bonds. The van der Waals surface area contributed by atoms with Crippen molar-refractivity contribution in [2.24, 2.45) is 55.2 Å². The van der Waals surface area contributed by atoms with Crippen LogP contribution in [0.4, 0.5) is 0 Å². The van der Waals surface area contributed by atoms with Gasteiger partial charge in [0.05, 0.1) is 22.8 Å². The molecule has 1 aromatic heterocycles. The minimum Gasteiger partial charge on any atom is -0.508 e. The van der Waals surface area contributed by atoms with E-state index >= 15 is 0 Å². The third-order valence-corrected chi connectivity index (χ3v) is 22.3. The van der Waals surface area contributed by atoms with Gasteiger partial charge in [-0.1, -0.05) is 306 Å². The van der Waals surface area contributed by atoms with Gasteiger partial charge in [-0.15, -0.1) is 0 Å². The first-order chi connectivity index (χ1) is 57.8. The highest BCUT2D eigenvalue weighted by molar-refractivity contribution is 7.91. The van der Waals surface area contributed by atoms with Crippen LogP contribution < -0.4 is 10.1 Å². The Balaban J connectivity index is 0.000000490. The molecule has 694 valence electrons. The number of phenolic OH excluding ortho intramolecular Hbond substituents is 2. The third-order valence-electron chi connectivity index (χ3n) is 20.4. The number of ether oxygens (including phenoxy) is 1. The number of aromatic hydroxyl groups is 2. The van der Waals surface area contributed by atoms with Gasteiger partial charge >= 0.3 is 0 Å². The largest absolute Gasteiger partial charge is 0.508 e. The van der Waals surface area contributed by atoms with Gasteiger partial charge in [0.1, 0.15) is 28.8 Å². The van der Waals surface area contributed by atoms with E-state index in [9.17, 15) is 52.2 Å². The highest BCUT2D eigenvalue weighted by Gasteiger charge is 2.33. The standard InChI is InChI=1S/C16H23NO2.C16H22O2.C15H20N2O.C13H20O2S.2C13H18O2.C13H20O.C10H18O/c1-12(18)17-10-9-13-5-7-14(8-6-13)15(19)11-16(2,3)4;1-12(17)5-6-13-7-9-14(10-8-13)15(18)11-16(2,3)4;1-5-11-6-8-12(9-7-11)14-16-13(18-17-14)10-15(2,3)4;1-11(13(2,3)4)10-16(14,15)12-8-6-5-7-9-12;1-9-7-10(5-6-11(9)14)12(15)8-13(2,3)4;1-9-5-6-10(11(14)7-9)12(15)8-13(2,3)4;1-11-5-7-12(8-6-11)14-10-9-13(2,3)4;1-10(2,3)8-6-4-5-7-9(8)11/h5-8H,9-11H2,1-4H3,(H,17,18);7-10H,5-6,11H2,1-4H3;6-9H,5,10H2,1-4H3;5-9,11H,10H2,1-4H3;2*5-7,14H,8H2,1-4H3;5-8H,9-10H2,1-4H3;8H,4-7H2,1-3H3. The van der Waals surface area contributed by atoms with Crippen molar-refractivity contribution in [3.05, 3.63) is 225 Å². The van der Waals surface area contributed by atoms with Gasteiger partial charge in [0, 0.05) is 86.6 Å². The fraction of sp³-hybridized carbons (Fsp3) is 0.532. The molecular weight excluding hydrogens is 1590 g/mol. The van der Waals surface area contributed by atoms with E-state index in [1.807, 2.05) is 140 Å². The van der Waals surface area contributed by atoms with Gasteiger partial charge in [-0.3, -0.25) is 28.8 Å². The number of nitrogens with one attached hydrogen (secondary N) is 1. The number of hydrogen-bond donors (Lipinski definition) is 3. The summed E-state index contributed by atoms with van der Waals surface area (Å²) < 4.78 is 35.1.